The fourth-order valence-electron chi connectivity index (χ4n) is 1.91. The van der Waals surface area contributed by atoms with Crippen molar-refractivity contribution in [1.82, 2.24) is 0 Å². The molecule has 0 unspecified atom stereocenters. The Bertz CT molecular complexity index is 291. The third-order valence-electron chi connectivity index (χ3n) is 2.63. The van der Waals surface area contributed by atoms with E-state index in [1.807, 2.05) is 0 Å². The van der Waals surface area contributed by atoms with Crippen LogP contribution in [-0.2, 0) is 12.8 Å². The fraction of sp³-hybridized carbons (Fsp3) is 0.455. The molecule has 0 spiro atoms. The molecule has 1 atom stereocenters. The minimum atomic E-state index is 0.388. The molecule has 0 bridgehead atoms. The number of hydrogen-bond donors (Lipinski definition) is 1. The number of rotatable bonds is 0. The fourth-order valence-corrected chi connectivity index (χ4v) is 1.91. The van der Waals surface area contributed by atoms with Gasteiger partial charge >= 0.3 is 0 Å². The first-order chi connectivity index (χ1) is 5.75. The molecule has 2 N–H and O–H groups in total. The molecule has 0 radical (unpaired) electrons. The maximum atomic E-state index is 5.90. The van der Waals surface area contributed by atoms with E-state index in [1.54, 1.807) is 0 Å². The molecule has 0 amide bonds. The van der Waals surface area contributed by atoms with Crippen LogP contribution in [0.25, 0.3) is 0 Å². The van der Waals surface area contributed by atoms with E-state index in [0.717, 1.165) is 19.3 Å². The SMILES string of the molecule is Cc1ccc2c(c1)C[C@H](N)CC2. The summed E-state index contributed by atoms with van der Waals surface area (Å²) in [5.41, 5.74) is 10.2. The second-order valence-electron chi connectivity index (χ2n) is 3.78. The highest BCUT2D eigenvalue weighted by atomic mass is 14.6. The summed E-state index contributed by atoms with van der Waals surface area (Å²) in [7, 11) is 0. The van der Waals surface area contributed by atoms with Crippen molar-refractivity contribution in [3.8, 4) is 0 Å². The van der Waals surface area contributed by atoms with Gasteiger partial charge in [-0.3, -0.25) is 0 Å². The normalized spacial score (nSPS) is 22.0. The summed E-state index contributed by atoms with van der Waals surface area (Å²) in [6.45, 7) is 2.14. The Morgan fingerprint density at radius 3 is 3.00 bits per heavy atom. The Hall–Kier alpha value is -0.820. The van der Waals surface area contributed by atoms with Gasteiger partial charge in [0, 0.05) is 6.04 Å². The van der Waals surface area contributed by atoms with Crippen molar-refractivity contribution in [1.29, 1.82) is 0 Å². The van der Waals surface area contributed by atoms with Crippen LogP contribution in [0.4, 0.5) is 0 Å². The van der Waals surface area contributed by atoms with Gasteiger partial charge in [-0.1, -0.05) is 23.8 Å². The van der Waals surface area contributed by atoms with Gasteiger partial charge in [-0.05, 0) is 37.3 Å². The predicted molar refractivity (Wildman–Crippen MR) is 51.2 cm³/mol. The van der Waals surface area contributed by atoms with Crippen LogP contribution < -0.4 is 5.73 Å². The van der Waals surface area contributed by atoms with E-state index in [1.165, 1.54) is 16.7 Å². The monoisotopic (exact) mass is 161 g/mol. The molecule has 1 nitrogen and oxygen atoms in total. The van der Waals surface area contributed by atoms with E-state index in [9.17, 15) is 0 Å². The molecule has 0 aliphatic heterocycles. The van der Waals surface area contributed by atoms with Gasteiger partial charge in [0.05, 0.1) is 0 Å². The van der Waals surface area contributed by atoms with Crippen molar-refractivity contribution in [3.63, 3.8) is 0 Å². The van der Waals surface area contributed by atoms with Crippen molar-refractivity contribution >= 4 is 0 Å². The van der Waals surface area contributed by atoms with Gasteiger partial charge in [0.1, 0.15) is 0 Å². The van der Waals surface area contributed by atoms with E-state index in [0.29, 0.717) is 6.04 Å². The summed E-state index contributed by atoms with van der Waals surface area (Å²) in [5, 5.41) is 0. The average Bonchev–Trinajstić information content (AvgIpc) is 2.03. The first-order valence-electron chi connectivity index (χ1n) is 4.59. The molecule has 0 aromatic heterocycles. The lowest BCUT2D eigenvalue weighted by molar-refractivity contribution is 0.576. The minimum Gasteiger partial charge on any atom is -0.327 e. The summed E-state index contributed by atoms with van der Waals surface area (Å²) >= 11 is 0. The molecule has 0 saturated heterocycles. The highest BCUT2D eigenvalue weighted by Crippen LogP contribution is 2.21. The molecule has 0 saturated carbocycles. The van der Waals surface area contributed by atoms with Gasteiger partial charge in [-0.25, -0.2) is 0 Å². The molecule has 0 heterocycles. The Labute approximate surface area is 73.6 Å². The molecule has 0 fully saturated rings. The first-order valence-corrected chi connectivity index (χ1v) is 4.59. The molecular weight excluding hydrogens is 146 g/mol. The zero-order valence-electron chi connectivity index (χ0n) is 7.51. The lowest BCUT2D eigenvalue weighted by Crippen LogP contribution is -2.27. The van der Waals surface area contributed by atoms with E-state index in [4.69, 9.17) is 5.73 Å². The Morgan fingerprint density at radius 2 is 2.17 bits per heavy atom. The highest BCUT2D eigenvalue weighted by molar-refractivity contribution is 5.34. The second-order valence-corrected chi connectivity index (χ2v) is 3.78. The third kappa shape index (κ3) is 1.37. The van der Waals surface area contributed by atoms with E-state index < -0.39 is 0 Å². The predicted octanol–water partition coefficient (Wildman–Crippen LogP) is 1.81. The van der Waals surface area contributed by atoms with Crippen molar-refractivity contribution in [2.24, 2.45) is 5.73 Å². The zero-order chi connectivity index (χ0) is 8.55. The van der Waals surface area contributed by atoms with Crippen molar-refractivity contribution in [3.05, 3.63) is 34.9 Å². The van der Waals surface area contributed by atoms with E-state index in [-0.39, 0.29) is 0 Å². The Balaban J connectivity index is 2.37. The maximum Gasteiger partial charge on any atom is 0.00825 e. The second kappa shape index (κ2) is 2.91. The summed E-state index contributed by atoms with van der Waals surface area (Å²) in [5.74, 6) is 0. The lowest BCUT2D eigenvalue weighted by Gasteiger charge is -2.21. The van der Waals surface area contributed by atoms with Gasteiger partial charge in [0.15, 0.2) is 0 Å². The maximum absolute atomic E-state index is 5.90. The van der Waals surface area contributed by atoms with Crippen LogP contribution >= 0.6 is 0 Å². The van der Waals surface area contributed by atoms with Crippen molar-refractivity contribution in [2.45, 2.75) is 32.2 Å². The summed E-state index contributed by atoms with van der Waals surface area (Å²) in [6.07, 6.45) is 3.38. The number of fused-ring (bicyclic) bond motifs is 1. The summed E-state index contributed by atoms with van der Waals surface area (Å²) < 4.78 is 0. The van der Waals surface area contributed by atoms with Gasteiger partial charge in [-0.15, -0.1) is 0 Å². The van der Waals surface area contributed by atoms with Crippen molar-refractivity contribution in [2.75, 3.05) is 0 Å². The highest BCUT2D eigenvalue weighted by Gasteiger charge is 2.14. The van der Waals surface area contributed by atoms with Crippen LogP contribution in [0.5, 0.6) is 0 Å². The Kier molecular flexibility index (Phi) is 1.89. The molecule has 1 aromatic rings. The van der Waals surface area contributed by atoms with Crippen LogP contribution in [0.15, 0.2) is 18.2 Å². The molecule has 1 aromatic carbocycles. The Morgan fingerprint density at radius 1 is 1.33 bits per heavy atom. The van der Waals surface area contributed by atoms with Gasteiger partial charge < -0.3 is 5.73 Å². The largest absolute Gasteiger partial charge is 0.327 e. The van der Waals surface area contributed by atoms with Crippen LogP contribution in [0.2, 0.25) is 0 Å². The standard InChI is InChI=1S/C11H15N/c1-8-2-3-9-4-5-11(12)7-10(9)6-8/h2-3,6,11H,4-5,7,12H2,1H3/t11-/m1/s1. The molecule has 64 valence electrons. The molecule has 1 aliphatic carbocycles. The average molecular weight is 161 g/mol. The van der Waals surface area contributed by atoms with Gasteiger partial charge in [-0.2, -0.15) is 0 Å². The third-order valence-corrected chi connectivity index (χ3v) is 2.63. The smallest absolute Gasteiger partial charge is 0.00825 e. The molecule has 1 heteroatoms. The minimum absolute atomic E-state index is 0.388. The summed E-state index contributed by atoms with van der Waals surface area (Å²) in [4.78, 5) is 0. The van der Waals surface area contributed by atoms with Crippen LogP contribution in [0.3, 0.4) is 0 Å². The first kappa shape index (κ1) is 7.81. The van der Waals surface area contributed by atoms with E-state index in [2.05, 4.69) is 25.1 Å². The van der Waals surface area contributed by atoms with E-state index >= 15 is 0 Å². The number of benzene rings is 1. The summed E-state index contributed by atoms with van der Waals surface area (Å²) in [6, 6.07) is 7.10. The zero-order valence-corrected chi connectivity index (χ0v) is 7.51. The van der Waals surface area contributed by atoms with Crippen LogP contribution in [-0.4, -0.2) is 6.04 Å². The molecule has 2 rings (SSSR count). The molecular formula is C11H15N. The quantitative estimate of drug-likeness (QED) is 0.617. The molecule has 12 heavy (non-hydrogen) atoms. The van der Waals surface area contributed by atoms with Gasteiger partial charge in [0.2, 0.25) is 0 Å². The number of hydrogen-bond acceptors (Lipinski definition) is 1. The van der Waals surface area contributed by atoms with Crippen LogP contribution in [0.1, 0.15) is 23.1 Å². The number of nitrogens with two attached hydrogens (primary N) is 1. The van der Waals surface area contributed by atoms with Crippen molar-refractivity contribution < 1.29 is 0 Å². The topological polar surface area (TPSA) is 26.0 Å². The number of aryl methyl sites for hydroxylation is 2. The molecule has 1 aliphatic rings. The van der Waals surface area contributed by atoms with Crippen LogP contribution in [0, 0.1) is 6.92 Å². The van der Waals surface area contributed by atoms with Gasteiger partial charge in [0.25, 0.3) is 0 Å². The lowest BCUT2D eigenvalue weighted by atomic mass is 9.88.